The summed E-state index contributed by atoms with van der Waals surface area (Å²) in [6.07, 6.45) is 4.12. The first-order valence-electron chi connectivity index (χ1n) is 9.34. The predicted octanol–water partition coefficient (Wildman–Crippen LogP) is 3.61. The van der Waals surface area contributed by atoms with E-state index < -0.39 is 12.0 Å². The standard InChI is InChI=1S/C20H20F2N6O2/c1-12-5-16(13-8-25-28(10-13)11-15-9-24-19(29)30-15)26-18(6-12)27-17-7-14(3-4-23-17)20(2,21)22/h3-8,10,15H,9,11H2,1-2H3,(H,24,29)(H,23,26,27)/t15-/m0/s1. The summed E-state index contributed by atoms with van der Waals surface area (Å²) in [5.41, 5.74) is 2.25. The molecule has 0 saturated carbocycles. The Kier molecular flexibility index (Phi) is 5.06. The van der Waals surface area contributed by atoms with Crippen LogP contribution in [0.4, 0.5) is 25.2 Å². The minimum atomic E-state index is -2.96. The summed E-state index contributed by atoms with van der Waals surface area (Å²) in [7, 11) is 0. The zero-order valence-electron chi connectivity index (χ0n) is 16.4. The van der Waals surface area contributed by atoms with Crippen molar-refractivity contribution in [3.05, 3.63) is 54.0 Å². The lowest BCUT2D eigenvalue weighted by Crippen LogP contribution is -2.20. The van der Waals surface area contributed by atoms with E-state index in [2.05, 4.69) is 25.7 Å². The van der Waals surface area contributed by atoms with Crippen molar-refractivity contribution in [1.29, 1.82) is 0 Å². The van der Waals surface area contributed by atoms with Gasteiger partial charge in [-0.15, -0.1) is 0 Å². The van der Waals surface area contributed by atoms with Gasteiger partial charge in [0.25, 0.3) is 5.92 Å². The highest BCUT2D eigenvalue weighted by molar-refractivity contribution is 5.69. The number of nitrogens with one attached hydrogen (secondary N) is 2. The van der Waals surface area contributed by atoms with Crippen LogP contribution in [0.15, 0.2) is 42.9 Å². The SMILES string of the molecule is Cc1cc(Nc2cc(C(C)(F)F)ccn2)nc(-c2cnn(C[C@@H]3CNC(=O)O3)c2)c1. The summed E-state index contributed by atoms with van der Waals surface area (Å²) in [5.74, 6) is -2.19. The van der Waals surface area contributed by atoms with Gasteiger partial charge in [-0.3, -0.25) is 4.68 Å². The van der Waals surface area contributed by atoms with Crippen molar-refractivity contribution < 1.29 is 18.3 Å². The van der Waals surface area contributed by atoms with Crippen molar-refractivity contribution in [3.63, 3.8) is 0 Å². The number of rotatable bonds is 6. The molecule has 0 radical (unpaired) electrons. The van der Waals surface area contributed by atoms with E-state index in [0.29, 0.717) is 24.6 Å². The number of pyridine rings is 2. The molecule has 8 nitrogen and oxygen atoms in total. The molecular formula is C20H20F2N6O2. The van der Waals surface area contributed by atoms with Gasteiger partial charge < -0.3 is 15.4 Å². The van der Waals surface area contributed by atoms with E-state index in [1.807, 2.05) is 19.2 Å². The molecule has 0 aliphatic carbocycles. The number of hydrogen-bond acceptors (Lipinski definition) is 6. The first kappa shape index (κ1) is 19.7. The average Bonchev–Trinajstić information content (AvgIpc) is 3.30. The second-order valence-electron chi connectivity index (χ2n) is 7.22. The smallest absolute Gasteiger partial charge is 0.407 e. The van der Waals surface area contributed by atoms with E-state index in [1.54, 1.807) is 16.9 Å². The Balaban J connectivity index is 1.53. The minimum absolute atomic E-state index is 0.128. The molecule has 30 heavy (non-hydrogen) atoms. The third-order valence-electron chi connectivity index (χ3n) is 4.56. The Bertz CT molecular complexity index is 1080. The Morgan fingerprint density at radius 1 is 1.33 bits per heavy atom. The molecule has 0 spiro atoms. The van der Waals surface area contributed by atoms with E-state index in [9.17, 15) is 13.6 Å². The highest BCUT2D eigenvalue weighted by Crippen LogP contribution is 2.29. The Labute approximate surface area is 171 Å². The van der Waals surface area contributed by atoms with Crippen LogP contribution in [0.25, 0.3) is 11.3 Å². The van der Waals surface area contributed by atoms with Gasteiger partial charge in [0.05, 0.1) is 25.0 Å². The van der Waals surface area contributed by atoms with Crippen molar-refractivity contribution in [3.8, 4) is 11.3 Å². The normalized spacial score (nSPS) is 16.3. The van der Waals surface area contributed by atoms with Crippen molar-refractivity contribution in [2.24, 2.45) is 0 Å². The summed E-state index contributed by atoms with van der Waals surface area (Å²) in [6.45, 7) is 3.62. The summed E-state index contributed by atoms with van der Waals surface area (Å²) in [6, 6.07) is 6.29. The van der Waals surface area contributed by atoms with Gasteiger partial charge >= 0.3 is 6.09 Å². The van der Waals surface area contributed by atoms with E-state index in [4.69, 9.17) is 4.74 Å². The monoisotopic (exact) mass is 414 g/mol. The van der Waals surface area contributed by atoms with Crippen LogP contribution in [0, 0.1) is 6.92 Å². The van der Waals surface area contributed by atoms with E-state index >= 15 is 0 Å². The molecule has 1 atom stereocenters. The number of anilines is 2. The summed E-state index contributed by atoms with van der Waals surface area (Å²) in [5, 5.41) is 9.90. The van der Waals surface area contributed by atoms with E-state index in [1.165, 1.54) is 18.3 Å². The van der Waals surface area contributed by atoms with Crippen molar-refractivity contribution in [2.45, 2.75) is 32.4 Å². The largest absolute Gasteiger partial charge is 0.442 e. The lowest BCUT2D eigenvalue weighted by molar-refractivity contribution is 0.0174. The van der Waals surface area contributed by atoms with Crippen LogP contribution in [-0.2, 0) is 17.2 Å². The Hall–Kier alpha value is -3.56. The highest BCUT2D eigenvalue weighted by Gasteiger charge is 2.25. The molecule has 4 heterocycles. The van der Waals surface area contributed by atoms with Gasteiger partial charge in [-0.05, 0) is 36.8 Å². The summed E-state index contributed by atoms with van der Waals surface area (Å²) >= 11 is 0. The van der Waals surface area contributed by atoms with Gasteiger partial charge in [0, 0.05) is 30.4 Å². The zero-order valence-corrected chi connectivity index (χ0v) is 16.4. The van der Waals surface area contributed by atoms with Gasteiger partial charge in [0.15, 0.2) is 0 Å². The molecule has 0 aromatic carbocycles. The lowest BCUT2D eigenvalue weighted by Gasteiger charge is -2.13. The number of amides is 1. The molecule has 1 aliphatic rings. The Morgan fingerprint density at radius 3 is 2.90 bits per heavy atom. The zero-order chi connectivity index (χ0) is 21.3. The first-order valence-corrected chi connectivity index (χ1v) is 9.34. The fourth-order valence-corrected chi connectivity index (χ4v) is 3.12. The molecule has 1 amide bonds. The van der Waals surface area contributed by atoms with Gasteiger partial charge in [0.2, 0.25) is 0 Å². The van der Waals surface area contributed by atoms with E-state index in [0.717, 1.165) is 18.1 Å². The van der Waals surface area contributed by atoms with Crippen molar-refractivity contribution in [1.82, 2.24) is 25.1 Å². The summed E-state index contributed by atoms with van der Waals surface area (Å²) in [4.78, 5) is 19.8. The maximum absolute atomic E-state index is 13.6. The number of cyclic esters (lactones) is 1. The number of carbonyl (C=O) groups is 1. The molecule has 10 heteroatoms. The van der Waals surface area contributed by atoms with Crippen LogP contribution < -0.4 is 10.6 Å². The number of hydrogen-bond donors (Lipinski definition) is 2. The number of aryl methyl sites for hydroxylation is 1. The molecule has 0 bridgehead atoms. The second-order valence-corrected chi connectivity index (χ2v) is 7.22. The Morgan fingerprint density at radius 2 is 2.17 bits per heavy atom. The lowest BCUT2D eigenvalue weighted by atomic mass is 10.1. The first-order chi connectivity index (χ1) is 14.3. The average molecular weight is 414 g/mol. The van der Waals surface area contributed by atoms with Crippen LogP contribution >= 0.6 is 0 Å². The number of nitrogens with zero attached hydrogens (tertiary/aromatic N) is 4. The molecular weight excluding hydrogens is 394 g/mol. The molecule has 3 aromatic heterocycles. The molecule has 1 aliphatic heterocycles. The third-order valence-corrected chi connectivity index (χ3v) is 4.56. The van der Waals surface area contributed by atoms with Crippen LogP contribution in [-0.4, -0.2) is 38.5 Å². The molecule has 4 rings (SSSR count). The van der Waals surface area contributed by atoms with Crippen molar-refractivity contribution in [2.75, 3.05) is 11.9 Å². The molecule has 1 fully saturated rings. The van der Waals surface area contributed by atoms with Crippen LogP contribution in [0.3, 0.4) is 0 Å². The maximum Gasteiger partial charge on any atom is 0.407 e. The van der Waals surface area contributed by atoms with Crippen LogP contribution in [0.5, 0.6) is 0 Å². The number of carbonyl (C=O) groups excluding carboxylic acids is 1. The minimum Gasteiger partial charge on any atom is -0.442 e. The fraction of sp³-hybridized carbons (Fsp3) is 0.300. The molecule has 1 saturated heterocycles. The maximum atomic E-state index is 13.6. The quantitative estimate of drug-likeness (QED) is 0.640. The summed E-state index contributed by atoms with van der Waals surface area (Å²) < 4.78 is 34.0. The number of alkyl halides is 2. The number of halogens is 2. The second kappa shape index (κ2) is 7.69. The van der Waals surface area contributed by atoms with E-state index in [-0.39, 0.29) is 17.5 Å². The third kappa shape index (κ3) is 4.53. The van der Waals surface area contributed by atoms with Gasteiger partial charge in [-0.1, -0.05) is 0 Å². The van der Waals surface area contributed by atoms with Crippen molar-refractivity contribution >= 4 is 17.7 Å². The topological polar surface area (TPSA) is 94.0 Å². The number of ether oxygens (including phenoxy) is 1. The predicted molar refractivity (Wildman–Crippen MR) is 106 cm³/mol. The van der Waals surface area contributed by atoms with Crippen LogP contribution in [0.1, 0.15) is 18.1 Å². The fourth-order valence-electron chi connectivity index (χ4n) is 3.12. The molecule has 0 unspecified atom stereocenters. The van der Waals surface area contributed by atoms with Gasteiger partial charge in [-0.2, -0.15) is 5.10 Å². The van der Waals surface area contributed by atoms with Crippen LogP contribution in [0.2, 0.25) is 0 Å². The molecule has 2 N–H and O–H groups in total. The van der Waals surface area contributed by atoms with Gasteiger partial charge in [0.1, 0.15) is 17.7 Å². The number of aromatic nitrogens is 4. The highest BCUT2D eigenvalue weighted by atomic mass is 19.3. The number of alkyl carbamates (subject to hydrolysis) is 1. The molecule has 3 aromatic rings. The molecule has 156 valence electrons. The van der Waals surface area contributed by atoms with Gasteiger partial charge in [-0.25, -0.2) is 23.5 Å².